The van der Waals surface area contributed by atoms with Crippen LogP contribution in [0, 0.1) is 5.82 Å². The molecule has 2 amide bonds. The largest absolute Gasteiger partial charge is 0.347 e. The van der Waals surface area contributed by atoms with Gasteiger partial charge < -0.3 is 10.2 Å². The Kier molecular flexibility index (Phi) is 6.52. The van der Waals surface area contributed by atoms with E-state index in [1.54, 1.807) is 6.07 Å². The van der Waals surface area contributed by atoms with Gasteiger partial charge >= 0.3 is 0 Å². The topological polar surface area (TPSA) is 83.6 Å². The number of rotatable bonds is 5. The molecule has 1 atom stereocenters. The predicted molar refractivity (Wildman–Crippen MR) is 92.2 cm³/mol. The Morgan fingerprint density at radius 1 is 1.32 bits per heavy atom. The minimum absolute atomic E-state index is 0.0169. The van der Waals surface area contributed by atoms with Crippen molar-refractivity contribution < 1.29 is 22.4 Å². The molecule has 1 aromatic rings. The van der Waals surface area contributed by atoms with Crippen molar-refractivity contribution in [1.29, 1.82) is 0 Å². The molecular weight excluding hydrogens is 347 g/mol. The molecule has 1 fully saturated rings. The highest BCUT2D eigenvalue weighted by atomic mass is 32.2. The van der Waals surface area contributed by atoms with Crippen molar-refractivity contribution in [3.63, 3.8) is 0 Å². The number of carbonyl (C=O) groups is 2. The van der Waals surface area contributed by atoms with Gasteiger partial charge in [-0.1, -0.05) is 18.6 Å². The van der Waals surface area contributed by atoms with Gasteiger partial charge in [0, 0.05) is 19.3 Å². The lowest BCUT2D eigenvalue weighted by Crippen LogP contribution is -2.44. The molecule has 0 aromatic heterocycles. The van der Waals surface area contributed by atoms with Crippen molar-refractivity contribution in [3.8, 4) is 0 Å². The first kappa shape index (κ1) is 19.4. The Morgan fingerprint density at radius 3 is 2.76 bits per heavy atom. The number of hydrogen-bond donors (Lipinski definition) is 1. The third-order valence-electron chi connectivity index (χ3n) is 4.28. The second kappa shape index (κ2) is 8.42. The number of amides is 2. The molecule has 1 unspecified atom stereocenters. The third kappa shape index (κ3) is 6.12. The molecule has 0 spiro atoms. The van der Waals surface area contributed by atoms with Crippen LogP contribution in [0.5, 0.6) is 0 Å². The minimum Gasteiger partial charge on any atom is -0.347 e. The Morgan fingerprint density at radius 2 is 2.08 bits per heavy atom. The molecule has 0 saturated carbocycles. The molecule has 6 nitrogen and oxygen atoms in total. The average molecular weight is 370 g/mol. The standard InChI is InChI=1S/C17H23FN2O4S/c1-25(23,24)15-7-2-3-8-20(12-15)17(22)11-19-16(21)10-13-5-4-6-14(18)9-13/h4-6,9,15H,2-3,7-8,10-12H2,1H3,(H,19,21). The number of nitrogens with zero attached hydrogens (tertiary/aromatic N) is 1. The molecule has 0 aliphatic carbocycles. The molecule has 25 heavy (non-hydrogen) atoms. The number of hydrogen-bond acceptors (Lipinski definition) is 4. The van der Waals surface area contributed by atoms with Crippen molar-refractivity contribution in [2.24, 2.45) is 0 Å². The van der Waals surface area contributed by atoms with Crippen LogP contribution in [-0.4, -0.2) is 56.3 Å². The maximum absolute atomic E-state index is 13.1. The molecule has 8 heteroatoms. The van der Waals surface area contributed by atoms with E-state index in [9.17, 15) is 22.4 Å². The SMILES string of the molecule is CS(=O)(=O)C1CCCCN(C(=O)CNC(=O)Cc2cccc(F)c2)C1. The van der Waals surface area contributed by atoms with Crippen LogP contribution >= 0.6 is 0 Å². The highest BCUT2D eigenvalue weighted by Crippen LogP contribution is 2.16. The van der Waals surface area contributed by atoms with E-state index in [4.69, 9.17) is 0 Å². The summed E-state index contributed by atoms with van der Waals surface area (Å²) in [7, 11) is -3.21. The summed E-state index contributed by atoms with van der Waals surface area (Å²) in [6.45, 7) is 0.465. The van der Waals surface area contributed by atoms with Gasteiger partial charge in [0.25, 0.3) is 0 Å². The molecule has 0 radical (unpaired) electrons. The quantitative estimate of drug-likeness (QED) is 0.835. The fourth-order valence-electron chi connectivity index (χ4n) is 2.86. The van der Waals surface area contributed by atoms with Crippen LogP contribution in [0.4, 0.5) is 4.39 Å². The summed E-state index contributed by atoms with van der Waals surface area (Å²) in [6, 6.07) is 5.72. The molecule has 1 saturated heterocycles. The number of likely N-dealkylation sites (tertiary alicyclic amines) is 1. The lowest BCUT2D eigenvalue weighted by Gasteiger charge is -2.23. The first-order valence-corrected chi connectivity index (χ1v) is 10.2. The van der Waals surface area contributed by atoms with Crippen molar-refractivity contribution in [2.75, 3.05) is 25.9 Å². The Labute approximate surface area is 147 Å². The predicted octanol–water partition coefficient (Wildman–Crippen LogP) is 0.910. The van der Waals surface area contributed by atoms with Gasteiger partial charge in [0.2, 0.25) is 11.8 Å². The van der Waals surface area contributed by atoms with Crippen LogP contribution < -0.4 is 5.32 Å². The van der Waals surface area contributed by atoms with Gasteiger partial charge in [-0.05, 0) is 30.5 Å². The van der Waals surface area contributed by atoms with Crippen LogP contribution in [0.25, 0.3) is 0 Å². The zero-order valence-corrected chi connectivity index (χ0v) is 15.0. The zero-order chi connectivity index (χ0) is 18.4. The van der Waals surface area contributed by atoms with Crippen LogP contribution in [0.3, 0.4) is 0 Å². The van der Waals surface area contributed by atoms with E-state index >= 15 is 0 Å². The number of halogens is 1. The number of sulfone groups is 1. The van der Waals surface area contributed by atoms with E-state index in [2.05, 4.69) is 5.32 Å². The van der Waals surface area contributed by atoms with Gasteiger partial charge in [-0.3, -0.25) is 9.59 Å². The van der Waals surface area contributed by atoms with Crippen molar-refractivity contribution in [2.45, 2.75) is 30.9 Å². The summed E-state index contributed by atoms with van der Waals surface area (Å²) in [5.74, 6) is -1.10. The zero-order valence-electron chi connectivity index (χ0n) is 14.2. The van der Waals surface area contributed by atoms with Crippen LogP contribution in [0.1, 0.15) is 24.8 Å². The number of nitrogens with one attached hydrogen (secondary N) is 1. The summed E-state index contributed by atoms with van der Waals surface area (Å²) < 4.78 is 36.6. The van der Waals surface area contributed by atoms with Gasteiger partial charge in [0.05, 0.1) is 18.2 Å². The van der Waals surface area contributed by atoms with Crippen LogP contribution in [0.15, 0.2) is 24.3 Å². The van der Waals surface area contributed by atoms with Gasteiger partial charge in [0.15, 0.2) is 9.84 Å². The first-order chi connectivity index (χ1) is 11.8. The van der Waals surface area contributed by atoms with Crippen LogP contribution in [0.2, 0.25) is 0 Å². The van der Waals surface area contributed by atoms with E-state index in [0.717, 1.165) is 12.8 Å². The highest BCUT2D eigenvalue weighted by molar-refractivity contribution is 7.91. The van der Waals surface area contributed by atoms with Crippen molar-refractivity contribution >= 4 is 21.7 Å². The molecule has 1 aliphatic rings. The molecule has 1 N–H and O–H groups in total. The van der Waals surface area contributed by atoms with Crippen molar-refractivity contribution in [3.05, 3.63) is 35.6 Å². The Balaban J connectivity index is 1.87. The van der Waals surface area contributed by atoms with Gasteiger partial charge in [0.1, 0.15) is 5.82 Å². The maximum Gasteiger partial charge on any atom is 0.242 e. The lowest BCUT2D eigenvalue weighted by molar-refractivity contribution is -0.132. The van der Waals surface area contributed by atoms with Gasteiger partial charge in [-0.25, -0.2) is 12.8 Å². The van der Waals surface area contributed by atoms with Crippen LogP contribution in [-0.2, 0) is 25.8 Å². The molecule has 1 aliphatic heterocycles. The van der Waals surface area contributed by atoms with E-state index in [-0.39, 0.29) is 31.3 Å². The Hall–Kier alpha value is -1.96. The minimum atomic E-state index is -3.21. The second-order valence-electron chi connectivity index (χ2n) is 6.37. The first-order valence-electron chi connectivity index (χ1n) is 8.23. The Bertz CT molecular complexity index is 736. The van der Waals surface area contributed by atoms with Gasteiger partial charge in [-0.15, -0.1) is 0 Å². The normalized spacial score (nSPS) is 18.5. The maximum atomic E-state index is 13.1. The molecule has 1 heterocycles. The number of carbonyl (C=O) groups excluding carboxylic acids is 2. The molecule has 138 valence electrons. The summed E-state index contributed by atoms with van der Waals surface area (Å²) in [5, 5.41) is 1.97. The number of benzene rings is 1. The fourth-order valence-corrected chi connectivity index (χ4v) is 3.91. The van der Waals surface area contributed by atoms with E-state index in [1.807, 2.05) is 0 Å². The van der Waals surface area contributed by atoms with Crippen molar-refractivity contribution in [1.82, 2.24) is 10.2 Å². The molecule has 0 bridgehead atoms. The molecular formula is C17H23FN2O4S. The van der Waals surface area contributed by atoms with E-state index in [1.165, 1.54) is 29.4 Å². The van der Waals surface area contributed by atoms with Gasteiger partial charge in [-0.2, -0.15) is 0 Å². The van der Waals surface area contributed by atoms with E-state index in [0.29, 0.717) is 18.5 Å². The lowest BCUT2D eigenvalue weighted by atomic mass is 10.1. The average Bonchev–Trinajstić information content (AvgIpc) is 2.78. The summed E-state index contributed by atoms with van der Waals surface area (Å²) in [5.41, 5.74) is 0.525. The van der Waals surface area contributed by atoms with E-state index < -0.39 is 20.9 Å². The molecule has 1 aromatic carbocycles. The molecule has 2 rings (SSSR count). The summed E-state index contributed by atoms with van der Waals surface area (Å²) >= 11 is 0. The highest BCUT2D eigenvalue weighted by Gasteiger charge is 2.28. The summed E-state index contributed by atoms with van der Waals surface area (Å²) in [4.78, 5) is 25.7. The second-order valence-corrected chi connectivity index (χ2v) is 8.70. The third-order valence-corrected chi connectivity index (χ3v) is 5.87. The fraction of sp³-hybridized carbons (Fsp3) is 0.529. The monoisotopic (exact) mass is 370 g/mol. The smallest absolute Gasteiger partial charge is 0.242 e. The summed E-state index contributed by atoms with van der Waals surface area (Å²) in [6.07, 6.45) is 3.22.